The zero-order valence-electron chi connectivity index (χ0n) is 15.8. The molecule has 2 aromatic rings. The first-order chi connectivity index (χ1) is 13.4. The van der Waals surface area contributed by atoms with Gasteiger partial charge < -0.3 is 16.0 Å². The number of fused-ring (bicyclic) bond motifs is 1. The molecule has 1 unspecified atom stereocenters. The number of aromatic nitrogens is 2. The van der Waals surface area contributed by atoms with E-state index in [0.717, 1.165) is 0 Å². The lowest BCUT2D eigenvalue weighted by molar-refractivity contribution is -0.161. The molecule has 0 amide bonds. The third-order valence-electron chi connectivity index (χ3n) is 4.40. The molecule has 0 saturated carbocycles. The van der Waals surface area contributed by atoms with E-state index in [-0.39, 0.29) is 38.5 Å². The molecular weight excluding hydrogens is 433 g/mol. The van der Waals surface area contributed by atoms with Gasteiger partial charge in [-0.3, -0.25) is 4.98 Å². The normalized spacial score (nSPS) is 15.2. The van der Waals surface area contributed by atoms with Crippen LogP contribution in [0, 0.1) is 11.4 Å². The Morgan fingerprint density at radius 3 is 2.38 bits per heavy atom. The Labute approximate surface area is 175 Å². The molecular formula is C18H19Cl2F4N5. The highest BCUT2D eigenvalue weighted by Crippen LogP contribution is 2.45. The maximum Gasteiger partial charge on any atom is 0.409 e. The van der Waals surface area contributed by atoms with E-state index in [1.807, 2.05) is 0 Å². The summed E-state index contributed by atoms with van der Waals surface area (Å²) in [4.78, 5) is 7.89. The van der Waals surface area contributed by atoms with E-state index in [4.69, 9.17) is 23.2 Å². The van der Waals surface area contributed by atoms with Crippen molar-refractivity contribution in [2.75, 3.05) is 29.0 Å². The summed E-state index contributed by atoms with van der Waals surface area (Å²) >= 11 is 12.0. The Balaban J connectivity index is 2.27. The van der Waals surface area contributed by atoms with Gasteiger partial charge in [0.05, 0.1) is 27.0 Å². The van der Waals surface area contributed by atoms with Crippen molar-refractivity contribution >= 4 is 40.4 Å². The molecule has 1 atom stereocenters. The Morgan fingerprint density at radius 2 is 1.79 bits per heavy atom. The molecule has 0 spiro atoms. The fourth-order valence-electron chi connectivity index (χ4n) is 3.12. The highest BCUT2D eigenvalue weighted by molar-refractivity contribution is 6.36. The quantitative estimate of drug-likeness (QED) is 0.405. The van der Waals surface area contributed by atoms with Crippen molar-refractivity contribution in [1.29, 1.82) is 0 Å². The number of hydrogen-bond acceptors (Lipinski definition) is 5. The van der Waals surface area contributed by atoms with Crippen molar-refractivity contribution in [1.82, 2.24) is 9.97 Å². The summed E-state index contributed by atoms with van der Waals surface area (Å²) in [6.07, 6.45) is -3.36. The number of nitrogens with zero attached hydrogens (tertiary/aromatic N) is 2. The van der Waals surface area contributed by atoms with E-state index in [9.17, 15) is 13.2 Å². The molecule has 0 saturated heterocycles. The van der Waals surface area contributed by atoms with Crippen LogP contribution in [0.4, 0.5) is 34.8 Å². The number of pyridine rings is 2. The minimum absolute atomic E-state index is 0.00992. The fourth-order valence-corrected chi connectivity index (χ4v) is 3.59. The summed E-state index contributed by atoms with van der Waals surface area (Å²) in [5.41, 5.74) is -1.44. The predicted molar refractivity (Wildman–Crippen MR) is 107 cm³/mol. The molecule has 0 radical (unpaired) electrons. The zero-order chi connectivity index (χ0) is 21.6. The lowest BCUT2D eigenvalue weighted by Crippen LogP contribution is -2.46. The third-order valence-corrected chi connectivity index (χ3v) is 4.89. The van der Waals surface area contributed by atoms with E-state index >= 15 is 4.39 Å². The van der Waals surface area contributed by atoms with E-state index in [1.54, 1.807) is 0 Å². The Hall–Kier alpha value is -2.00. The van der Waals surface area contributed by atoms with Crippen LogP contribution in [0.15, 0.2) is 12.3 Å². The van der Waals surface area contributed by atoms with E-state index < -0.39 is 23.6 Å². The molecule has 0 fully saturated rings. The van der Waals surface area contributed by atoms with Crippen molar-refractivity contribution in [2.24, 2.45) is 5.41 Å². The summed E-state index contributed by atoms with van der Waals surface area (Å²) < 4.78 is 56.5. The molecule has 1 aliphatic rings. The highest BCUT2D eigenvalue weighted by Gasteiger charge is 2.48. The van der Waals surface area contributed by atoms with Crippen LogP contribution in [0.3, 0.4) is 0 Å². The van der Waals surface area contributed by atoms with Gasteiger partial charge in [0, 0.05) is 19.3 Å². The minimum Gasteiger partial charge on any atom is -0.379 e. The first kappa shape index (κ1) is 21.7. The molecule has 2 aromatic heterocycles. The fraction of sp³-hybridized carbons (Fsp3) is 0.444. The maximum atomic E-state index is 15.0. The van der Waals surface area contributed by atoms with Crippen molar-refractivity contribution in [3.05, 3.63) is 28.3 Å². The lowest BCUT2D eigenvalue weighted by Gasteiger charge is -2.35. The van der Waals surface area contributed by atoms with Gasteiger partial charge in [0.1, 0.15) is 11.7 Å². The molecule has 1 aliphatic heterocycles. The number of hydrogen-bond donors (Lipinski definition) is 3. The first-order valence-corrected chi connectivity index (χ1v) is 9.51. The van der Waals surface area contributed by atoms with Gasteiger partial charge in [-0.05, 0) is 11.5 Å². The second kappa shape index (κ2) is 7.68. The van der Waals surface area contributed by atoms with Crippen LogP contribution in [0.1, 0.15) is 20.8 Å². The van der Waals surface area contributed by atoms with Crippen LogP contribution in [-0.2, 0) is 0 Å². The summed E-state index contributed by atoms with van der Waals surface area (Å²) in [5, 5.41) is 8.58. The number of halogens is 6. The van der Waals surface area contributed by atoms with Crippen LogP contribution < -0.4 is 16.0 Å². The number of alkyl halides is 3. The summed E-state index contributed by atoms with van der Waals surface area (Å²) in [7, 11) is 0. The SMILES string of the molecule is CC(C)(C)C(Nc1c2c(nc(F)c1-c1ncc(Cl)cc1Cl)NCCN2)C(F)(F)F. The molecule has 0 bridgehead atoms. The monoisotopic (exact) mass is 451 g/mol. The summed E-state index contributed by atoms with van der Waals surface area (Å²) in [5.74, 6) is -0.895. The average molecular weight is 452 g/mol. The minimum atomic E-state index is -4.60. The maximum absolute atomic E-state index is 15.0. The molecule has 11 heteroatoms. The molecule has 3 N–H and O–H groups in total. The Bertz CT molecular complexity index is 914. The largest absolute Gasteiger partial charge is 0.409 e. The summed E-state index contributed by atoms with van der Waals surface area (Å²) in [6.45, 7) is 5.20. The van der Waals surface area contributed by atoms with Crippen molar-refractivity contribution in [3.8, 4) is 11.3 Å². The molecule has 3 heterocycles. The first-order valence-electron chi connectivity index (χ1n) is 8.75. The molecule has 0 aromatic carbocycles. The second-order valence-corrected chi connectivity index (χ2v) is 8.54. The Morgan fingerprint density at radius 1 is 1.14 bits per heavy atom. The molecule has 29 heavy (non-hydrogen) atoms. The van der Waals surface area contributed by atoms with Crippen molar-refractivity contribution in [3.63, 3.8) is 0 Å². The van der Waals surface area contributed by atoms with Gasteiger partial charge >= 0.3 is 6.18 Å². The molecule has 158 valence electrons. The summed E-state index contributed by atoms with van der Waals surface area (Å²) in [6, 6.07) is -0.639. The van der Waals surface area contributed by atoms with Gasteiger partial charge in [0.2, 0.25) is 5.95 Å². The van der Waals surface area contributed by atoms with Crippen LogP contribution in [0.5, 0.6) is 0 Å². The molecule has 0 aliphatic carbocycles. The van der Waals surface area contributed by atoms with Gasteiger partial charge in [-0.2, -0.15) is 22.5 Å². The van der Waals surface area contributed by atoms with Crippen molar-refractivity contribution < 1.29 is 17.6 Å². The van der Waals surface area contributed by atoms with Gasteiger partial charge in [-0.15, -0.1) is 0 Å². The van der Waals surface area contributed by atoms with Gasteiger partial charge in [0.25, 0.3) is 0 Å². The second-order valence-electron chi connectivity index (χ2n) is 7.70. The number of anilines is 3. The highest BCUT2D eigenvalue weighted by atomic mass is 35.5. The predicted octanol–water partition coefficient (Wildman–Crippen LogP) is 5.82. The number of rotatable bonds is 3. The topological polar surface area (TPSA) is 61.9 Å². The van der Waals surface area contributed by atoms with Gasteiger partial charge in [-0.1, -0.05) is 44.0 Å². The van der Waals surface area contributed by atoms with Crippen LogP contribution in [-0.4, -0.2) is 35.3 Å². The standard InChI is InChI=1S/C18H19Cl2F4N5/c1-17(2,3)16(18(22,23)24)28-12-10(11-9(20)6-8(19)7-27-11)14(21)29-15-13(12)25-4-5-26-15/h6-7,16,25H,4-5H2,1-3H3,(H2,26,28,29). The van der Waals surface area contributed by atoms with Gasteiger partial charge in [0.15, 0.2) is 5.82 Å². The average Bonchev–Trinajstić information content (AvgIpc) is 2.58. The lowest BCUT2D eigenvalue weighted by atomic mass is 9.85. The van der Waals surface area contributed by atoms with E-state index in [2.05, 4.69) is 25.9 Å². The molecule has 5 nitrogen and oxygen atoms in total. The Kier molecular flexibility index (Phi) is 5.75. The van der Waals surface area contributed by atoms with Crippen LogP contribution in [0.2, 0.25) is 10.0 Å². The van der Waals surface area contributed by atoms with Crippen LogP contribution >= 0.6 is 23.2 Å². The third kappa shape index (κ3) is 4.45. The smallest absolute Gasteiger partial charge is 0.379 e. The van der Waals surface area contributed by atoms with Gasteiger partial charge in [-0.25, -0.2) is 0 Å². The molecule has 3 rings (SSSR count). The zero-order valence-corrected chi connectivity index (χ0v) is 17.3. The number of nitrogens with one attached hydrogen (secondary N) is 3. The van der Waals surface area contributed by atoms with E-state index in [1.165, 1.54) is 33.0 Å². The van der Waals surface area contributed by atoms with Crippen molar-refractivity contribution in [2.45, 2.75) is 33.0 Å². The van der Waals surface area contributed by atoms with Crippen LogP contribution in [0.25, 0.3) is 11.3 Å². The van der Waals surface area contributed by atoms with E-state index in [0.29, 0.717) is 13.1 Å².